The first kappa shape index (κ1) is 19.2. The highest BCUT2D eigenvalue weighted by molar-refractivity contribution is 6.02. The van der Waals surface area contributed by atoms with Gasteiger partial charge in [-0.15, -0.1) is 0 Å². The molecule has 2 N–H and O–H groups in total. The quantitative estimate of drug-likeness (QED) is 0.788. The monoisotopic (exact) mass is 385 g/mol. The molecule has 0 spiro atoms. The van der Waals surface area contributed by atoms with Gasteiger partial charge in [-0.1, -0.05) is 6.42 Å². The number of benzene rings is 1. The van der Waals surface area contributed by atoms with Crippen molar-refractivity contribution in [2.75, 3.05) is 36.5 Å². The van der Waals surface area contributed by atoms with Crippen molar-refractivity contribution in [2.24, 2.45) is 5.92 Å². The Morgan fingerprint density at radius 1 is 1.04 bits per heavy atom. The van der Waals surface area contributed by atoms with E-state index in [0.29, 0.717) is 17.8 Å². The molecule has 0 aromatic heterocycles. The SMILES string of the molecule is O=C(NCC1CCCO1)c1cc(NC(=O)C2CCC2)ccc1N1CCCCC1. The van der Waals surface area contributed by atoms with Gasteiger partial charge in [0.15, 0.2) is 0 Å². The van der Waals surface area contributed by atoms with Gasteiger partial charge in [-0.25, -0.2) is 0 Å². The standard InChI is InChI=1S/C22H31N3O3/c26-21(16-6-4-7-16)24-17-9-10-20(25-11-2-1-3-12-25)19(14-17)22(27)23-15-18-8-5-13-28-18/h9-10,14,16,18H,1-8,11-13,15H2,(H,23,27)(H,24,26). The predicted octanol–water partition coefficient (Wildman–Crippen LogP) is 3.32. The van der Waals surface area contributed by atoms with E-state index in [-0.39, 0.29) is 23.8 Å². The molecule has 28 heavy (non-hydrogen) atoms. The maximum absolute atomic E-state index is 13.0. The molecule has 0 radical (unpaired) electrons. The minimum absolute atomic E-state index is 0.0719. The summed E-state index contributed by atoms with van der Waals surface area (Å²) in [7, 11) is 0. The average molecular weight is 386 g/mol. The molecule has 1 aromatic rings. The zero-order valence-corrected chi connectivity index (χ0v) is 16.5. The molecule has 4 rings (SSSR count). The molecule has 1 aliphatic carbocycles. The van der Waals surface area contributed by atoms with Crippen LogP contribution in [0, 0.1) is 5.92 Å². The number of amides is 2. The molecule has 3 fully saturated rings. The molecular formula is C22H31N3O3. The molecule has 1 saturated carbocycles. The van der Waals surface area contributed by atoms with Gasteiger partial charge < -0.3 is 20.3 Å². The highest BCUT2D eigenvalue weighted by Crippen LogP contribution is 2.30. The van der Waals surface area contributed by atoms with Crippen LogP contribution in [-0.2, 0) is 9.53 Å². The molecule has 0 bridgehead atoms. The maximum atomic E-state index is 13.0. The minimum Gasteiger partial charge on any atom is -0.376 e. The van der Waals surface area contributed by atoms with E-state index in [1.165, 1.54) is 6.42 Å². The Labute approximate surface area is 167 Å². The van der Waals surface area contributed by atoms with Gasteiger partial charge in [0.1, 0.15) is 0 Å². The number of carbonyl (C=O) groups is 2. The summed E-state index contributed by atoms with van der Waals surface area (Å²) in [4.78, 5) is 27.6. The molecule has 2 saturated heterocycles. The first-order valence-corrected chi connectivity index (χ1v) is 10.8. The van der Waals surface area contributed by atoms with Crippen molar-refractivity contribution in [1.82, 2.24) is 5.32 Å². The highest BCUT2D eigenvalue weighted by Gasteiger charge is 2.26. The summed E-state index contributed by atoms with van der Waals surface area (Å²) >= 11 is 0. The number of anilines is 2. The Balaban J connectivity index is 1.50. The third-order valence-corrected chi connectivity index (χ3v) is 6.20. The second-order valence-electron chi connectivity index (χ2n) is 8.24. The molecule has 6 heteroatoms. The second kappa shape index (κ2) is 8.95. The summed E-state index contributed by atoms with van der Waals surface area (Å²) in [6.45, 7) is 3.26. The van der Waals surface area contributed by atoms with Gasteiger partial charge in [-0.05, 0) is 63.1 Å². The van der Waals surface area contributed by atoms with Crippen LogP contribution in [0.4, 0.5) is 11.4 Å². The van der Waals surface area contributed by atoms with Crippen LogP contribution in [0.3, 0.4) is 0 Å². The zero-order valence-electron chi connectivity index (χ0n) is 16.5. The first-order valence-electron chi connectivity index (χ1n) is 10.8. The third kappa shape index (κ3) is 4.49. The molecular weight excluding hydrogens is 354 g/mol. The van der Waals surface area contributed by atoms with Crippen LogP contribution < -0.4 is 15.5 Å². The number of carbonyl (C=O) groups excluding carboxylic acids is 2. The number of ether oxygens (including phenoxy) is 1. The molecule has 2 heterocycles. The number of hydrogen-bond acceptors (Lipinski definition) is 4. The maximum Gasteiger partial charge on any atom is 0.253 e. The Bertz CT molecular complexity index is 705. The summed E-state index contributed by atoms with van der Waals surface area (Å²) in [5.74, 6) is 0.108. The van der Waals surface area contributed by atoms with Gasteiger partial charge in [-0.2, -0.15) is 0 Å². The summed E-state index contributed by atoms with van der Waals surface area (Å²) in [5.41, 5.74) is 2.32. The van der Waals surface area contributed by atoms with Crippen LogP contribution in [0.15, 0.2) is 18.2 Å². The van der Waals surface area contributed by atoms with E-state index in [1.807, 2.05) is 18.2 Å². The second-order valence-corrected chi connectivity index (χ2v) is 8.24. The van der Waals surface area contributed by atoms with Crippen molar-refractivity contribution < 1.29 is 14.3 Å². The van der Waals surface area contributed by atoms with Gasteiger partial charge in [0.25, 0.3) is 5.91 Å². The van der Waals surface area contributed by atoms with Gasteiger partial charge >= 0.3 is 0 Å². The predicted molar refractivity (Wildman–Crippen MR) is 110 cm³/mol. The molecule has 2 aliphatic heterocycles. The average Bonchev–Trinajstić information content (AvgIpc) is 3.19. The Morgan fingerprint density at radius 2 is 1.86 bits per heavy atom. The van der Waals surface area contributed by atoms with Gasteiger partial charge in [0.05, 0.1) is 11.7 Å². The molecule has 1 atom stereocenters. The van der Waals surface area contributed by atoms with E-state index in [1.54, 1.807) is 0 Å². The number of nitrogens with one attached hydrogen (secondary N) is 2. The van der Waals surface area contributed by atoms with E-state index in [9.17, 15) is 9.59 Å². The third-order valence-electron chi connectivity index (χ3n) is 6.20. The number of hydrogen-bond donors (Lipinski definition) is 2. The molecule has 2 amide bonds. The van der Waals surface area contributed by atoms with Crippen LogP contribution in [0.5, 0.6) is 0 Å². The lowest BCUT2D eigenvalue weighted by molar-refractivity contribution is -0.122. The summed E-state index contributed by atoms with van der Waals surface area (Å²) < 4.78 is 5.63. The topological polar surface area (TPSA) is 70.7 Å². The lowest BCUT2D eigenvalue weighted by Gasteiger charge is -2.31. The van der Waals surface area contributed by atoms with Crippen LogP contribution in [0.25, 0.3) is 0 Å². The van der Waals surface area contributed by atoms with Crippen molar-refractivity contribution in [3.05, 3.63) is 23.8 Å². The molecule has 1 aromatic carbocycles. The van der Waals surface area contributed by atoms with Gasteiger partial charge in [0.2, 0.25) is 5.91 Å². The van der Waals surface area contributed by atoms with Crippen LogP contribution in [-0.4, -0.2) is 44.2 Å². The number of nitrogens with zero attached hydrogens (tertiary/aromatic N) is 1. The Kier molecular flexibility index (Phi) is 6.15. The van der Waals surface area contributed by atoms with Crippen molar-refractivity contribution in [1.29, 1.82) is 0 Å². The number of piperidine rings is 1. The smallest absolute Gasteiger partial charge is 0.253 e. The lowest BCUT2D eigenvalue weighted by Crippen LogP contribution is -2.35. The fourth-order valence-corrected chi connectivity index (χ4v) is 4.23. The normalized spacial score (nSPS) is 22.6. The molecule has 3 aliphatic rings. The largest absolute Gasteiger partial charge is 0.376 e. The van der Waals surface area contributed by atoms with Crippen LogP contribution in [0.2, 0.25) is 0 Å². The van der Waals surface area contributed by atoms with E-state index >= 15 is 0 Å². The van der Waals surface area contributed by atoms with E-state index in [0.717, 1.165) is 70.3 Å². The minimum atomic E-state index is -0.0872. The molecule has 6 nitrogen and oxygen atoms in total. The molecule has 152 valence electrons. The van der Waals surface area contributed by atoms with E-state index < -0.39 is 0 Å². The zero-order chi connectivity index (χ0) is 19.3. The van der Waals surface area contributed by atoms with E-state index in [2.05, 4.69) is 15.5 Å². The Hall–Kier alpha value is -2.08. The van der Waals surface area contributed by atoms with Crippen molar-refractivity contribution in [3.8, 4) is 0 Å². The molecule has 1 unspecified atom stereocenters. The lowest BCUT2D eigenvalue weighted by atomic mass is 9.85. The van der Waals surface area contributed by atoms with Crippen molar-refractivity contribution in [2.45, 2.75) is 57.5 Å². The summed E-state index contributed by atoms with van der Waals surface area (Å²) in [5, 5.41) is 6.05. The summed E-state index contributed by atoms with van der Waals surface area (Å²) in [6, 6.07) is 5.76. The number of rotatable bonds is 6. The van der Waals surface area contributed by atoms with Crippen LogP contribution >= 0.6 is 0 Å². The van der Waals surface area contributed by atoms with Gasteiger partial charge in [-0.3, -0.25) is 9.59 Å². The van der Waals surface area contributed by atoms with Crippen molar-refractivity contribution in [3.63, 3.8) is 0 Å². The van der Waals surface area contributed by atoms with Crippen LogP contribution in [0.1, 0.15) is 61.7 Å². The Morgan fingerprint density at radius 3 is 2.54 bits per heavy atom. The highest BCUT2D eigenvalue weighted by atomic mass is 16.5. The van der Waals surface area contributed by atoms with Crippen molar-refractivity contribution >= 4 is 23.2 Å². The van der Waals surface area contributed by atoms with Gasteiger partial charge in [0, 0.05) is 43.5 Å². The fraction of sp³-hybridized carbons (Fsp3) is 0.636. The summed E-state index contributed by atoms with van der Waals surface area (Å²) in [6.07, 6.45) is 8.77. The fourth-order valence-electron chi connectivity index (χ4n) is 4.23. The first-order chi connectivity index (χ1) is 13.7. The van der Waals surface area contributed by atoms with E-state index in [4.69, 9.17) is 4.74 Å².